The van der Waals surface area contributed by atoms with E-state index in [0.29, 0.717) is 10.1 Å². The number of carboxylic acid groups (broad SMARTS) is 1. The van der Waals surface area contributed by atoms with Crippen molar-refractivity contribution in [3.8, 4) is 0 Å². The van der Waals surface area contributed by atoms with Crippen molar-refractivity contribution in [1.29, 1.82) is 0 Å². The minimum absolute atomic E-state index is 0.0911. The number of nitro groups is 1. The lowest BCUT2D eigenvalue weighted by molar-refractivity contribution is -0.384. The second kappa shape index (κ2) is 5.71. The predicted molar refractivity (Wildman–Crippen MR) is 76.5 cm³/mol. The van der Waals surface area contributed by atoms with Gasteiger partial charge in [0.05, 0.1) is 17.6 Å². The molecule has 0 bridgehead atoms. The van der Waals surface area contributed by atoms with E-state index in [1.165, 1.54) is 31.4 Å². The van der Waals surface area contributed by atoms with Gasteiger partial charge in [0.15, 0.2) is 0 Å². The number of aromatic carboxylic acids is 1. The van der Waals surface area contributed by atoms with Gasteiger partial charge in [0.25, 0.3) is 5.69 Å². The highest BCUT2D eigenvalue weighted by atomic mass is 32.1. The Morgan fingerprint density at radius 2 is 2.10 bits per heavy atom. The average Bonchev–Trinajstić information content (AvgIpc) is 2.86. The first-order chi connectivity index (χ1) is 9.92. The van der Waals surface area contributed by atoms with E-state index in [0.717, 1.165) is 17.4 Å². The van der Waals surface area contributed by atoms with Crippen molar-refractivity contribution in [2.45, 2.75) is 0 Å². The summed E-state index contributed by atoms with van der Waals surface area (Å²) in [4.78, 5) is 32.6. The lowest BCUT2D eigenvalue weighted by Crippen LogP contribution is -1.95. The molecule has 0 spiro atoms. The summed E-state index contributed by atoms with van der Waals surface area (Å²) in [7, 11) is 1.20. The first kappa shape index (κ1) is 14.7. The number of carboxylic acids is 1. The van der Waals surface area contributed by atoms with Crippen LogP contribution in [-0.4, -0.2) is 29.1 Å². The number of hydrogen-bond donors (Lipinski definition) is 1. The molecule has 7 nitrogen and oxygen atoms in total. The minimum Gasteiger partial charge on any atom is -0.477 e. The molecule has 108 valence electrons. The molecule has 1 aromatic carbocycles. The van der Waals surface area contributed by atoms with Crippen LogP contribution < -0.4 is 0 Å². The molecule has 0 unspecified atom stereocenters. The van der Waals surface area contributed by atoms with Gasteiger partial charge in [-0.05, 0) is 18.2 Å². The molecule has 1 aromatic heterocycles. The molecule has 0 fully saturated rings. The predicted octanol–water partition coefficient (Wildman–Crippen LogP) is 2.69. The highest BCUT2D eigenvalue weighted by molar-refractivity contribution is 7.20. The van der Waals surface area contributed by atoms with Crippen LogP contribution in [0.1, 0.15) is 15.2 Å². The van der Waals surface area contributed by atoms with Crippen LogP contribution in [0.4, 0.5) is 5.69 Å². The third-order valence-electron chi connectivity index (χ3n) is 2.67. The average molecular weight is 307 g/mol. The Morgan fingerprint density at radius 3 is 2.67 bits per heavy atom. The Hall–Kier alpha value is -2.74. The second-order valence-corrected chi connectivity index (χ2v) is 5.06. The zero-order valence-electron chi connectivity index (χ0n) is 10.7. The fourth-order valence-electron chi connectivity index (χ4n) is 1.71. The quantitative estimate of drug-likeness (QED) is 0.403. The molecular formula is C13H9NO6S. The number of fused-ring (bicyclic) bond motifs is 1. The van der Waals surface area contributed by atoms with Crippen molar-refractivity contribution >= 4 is 45.1 Å². The monoisotopic (exact) mass is 307 g/mol. The van der Waals surface area contributed by atoms with Gasteiger partial charge >= 0.3 is 11.9 Å². The van der Waals surface area contributed by atoms with E-state index in [1.807, 2.05) is 0 Å². The maximum Gasteiger partial charge on any atom is 0.345 e. The summed E-state index contributed by atoms with van der Waals surface area (Å²) in [6, 6.07) is 4.14. The van der Waals surface area contributed by atoms with Gasteiger partial charge in [0.2, 0.25) is 0 Å². The summed E-state index contributed by atoms with van der Waals surface area (Å²) in [6.45, 7) is 0. The van der Waals surface area contributed by atoms with Crippen LogP contribution in [0.3, 0.4) is 0 Å². The summed E-state index contributed by atoms with van der Waals surface area (Å²) in [5.41, 5.74) is -0.00548. The van der Waals surface area contributed by atoms with E-state index in [2.05, 4.69) is 4.74 Å². The number of hydrogen-bond acceptors (Lipinski definition) is 6. The third-order valence-corrected chi connectivity index (χ3v) is 3.76. The van der Waals surface area contributed by atoms with E-state index in [9.17, 15) is 19.7 Å². The Balaban J connectivity index is 2.59. The Bertz CT molecular complexity index is 776. The van der Waals surface area contributed by atoms with Gasteiger partial charge in [-0.15, -0.1) is 11.3 Å². The van der Waals surface area contributed by atoms with Gasteiger partial charge in [-0.25, -0.2) is 9.59 Å². The van der Waals surface area contributed by atoms with E-state index in [4.69, 9.17) is 5.11 Å². The molecule has 0 aliphatic heterocycles. The molecule has 8 heteroatoms. The molecule has 0 saturated carbocycles. The van der Waals surface area contributed by atoms with Crippen LogP contribution in [0, 0.1) is 10.1 Å². The molecule has 0 atom stereocenters. The highest BCUT2D eigenvalue weighted by Gasteiger charge is 2.17. The number of ether oxygens (including phenoxy) is 1. The van der Waals surface area contributed by atoms with Crippen molar-refractivity contribution in [3.63, 3.8) is 0 Å². The van der Waals surface area contributed by atoms with Crippen LogP contribution in [-0.2, 0) is 9.53 Å². The first-order valence-electron chi connectivity index (χ1n) is 5.63. The Kier molecular flexibility index (Phi) is 3.99. The number of nitrogens with zero attached hydrogens (tertiary/aromatic N) is 1. The number of thiophene rings is 1. The van der Waals surface area contributed by atoms with Gasteiger partial charge < -0.3 is 9.84 Å². The van der Waals surface area contributed by atoms with Gasteiger partial charge in [-0.3, -0.25) is 10.1 Å². The van der Waals surface area contributed by atoms with Crippen molar-refractivity contribution in [1.82, 2.24) is 0 Å². The van der Waals surface area contributed by atoms with Crippen LogP contribution >= 0.6 is 11.3 Å². The molecule has 1 N–H and O–H groups in total. The molecule has 1 heterocycles. The lowest BCUT2D eigenvalue weighted by atomic mass is 10.1. The maximum atomic E-state index is 11.1. The van der Waals surface area contributed by atoms with Gasteiger partial charge in [0.1, 0.15) is 4.88 Å². The summed E-state index contributed by atoms with van der Waals surface area (Å²) >= 11 is 1.01. The number of carbonyl (C=O) groups excluding carboxylic acids is 1. The first-order valence-corrected chi connectivity index (χ1v) is 6.45. The van der Waals surface area contributed by atoms with Crippen molar-refractivity contribution in [3.05, 3.63) is 44.8 Å². The van der Waals surface area contributed by atoms with E-state index in [1.54, 1.807) is 0 Å². The number of esters is 1. The topological polar surface area (TPSA) is 107 Å². The molecule has 0 amide bonds. The van der Waals surface area contributed by atoms with Crippen molar-refractivity contribution < 1.29 is 24.4 Å². The fraction of sp³-hybridized carbons (Fsp3) is 0.0769. The second-order valence-electron chi connectivity index (χ2n) is 3.98. The smallest absolute Gasteiger partial charge is 0.345 e. The van der Waals surface area contributed by atoms with Crippen molar-refractivity contribution in [2.24, 2.45) is 0 Å². The number of methoxy groups -OCH3 is 1. The standard InChI is InChI=1S/C13H9NO6S/c1-20-12(15)3-2-7-5-10-8(4-9(7)14(18)19)6-11(21-10)13(16)17/h2-6H,1H3,(H,16,17)/b3-2+. The van der Waals surface area contributed by atoms with Crippen LogP contribution in [0.25, 0.3) is 16.2 Å². The molecule has 0 aliphatic carbocycles. The largest absolute Gasteiger partial charge is 0.477 e. The fourth-order valence-corrected chi connectivity index (χ4v) is 2.65. The summed E-state index contributed by atoms with van der Waals surface area (Å²) in [5, 5.41) is 20.5. The molecule has 0 aliphatic rings. The highest BCUT2D eigenvalue weighted by Crippen LogP contribution is 2.32. The summed E-state index contributed by atoms with van der Waals surface area (Å²) in [5.74, 6) is -1.73. The lowest BCUT2D eigenvalue weighted by Gasteiger charge is -1.98. The zero-order valence-corrected chi connectivity index (χ0v) is 11.5. The number of rotatable bonds is 4. The maximum absolute atomic E-state index is 11.1. The Labute approximate surface area is 122 Å². The third kappa shape index (κ3) is 3.06. The normalized spacial score (nSPS) is 10.9. The molecule has 0 saturated heterocycles. The molecule has 2 aromatic rings. The van der Waals surface area contributed by atoms with Crippen LogP contribution in [0.2, 0.25) is 0 Å². The molecule has 0 radical (unpaired) electrons. The van der Waals surface area contributed by atoms with E-state index in [-0.39, 0.29) is 16.1 Å². The van der Waals surface area contributed by atoms with E-state index < -0.39 is 16.9 Å². The van der Waals surface area contributed by atoms with Crippen LogP contribution in [0.15, 0.2) is 24.3 Å². The molecule has 21 heavy (non-hydrogen) atoms. The number of benzene rings is 1. The Morgan fingerprint density at radius 1 is 1.38 bits per heavy atom. The van der Waals surface area contributed by atoms with Gasteiger partial charge in [-0.2, -0.15) is 0 Å². The summed E-state index contributed by atoms with van der Waals surface area (Å²) < 4.78 is 5.01. The summed E-state index contributed by atoms with van der Waals surface area (Å²) in [6.07, 6.45) is 2.34. The van der Waals surface area contributed by atoms with Gasteiger partial charge in [-0.1, -0.05) is 0 Å². The minimum atomic E-state index is -1.09. The number of carbonyl (C=O) groups is 2. The zero-order chi connectivity index (χ0) is 15.6. The van der Waals surface area contributed by atoms with Crippen molar-refractivity contribution in [2.75, 3.05) is 7.11 Å². The molecular weight excluding hydrogens is 298 g/mol. The van der Waals surface area contributed by atoms with E-state index >= 15 is 0 Å². The van der Waals surface area contributed by atoms with Gasteiger partial charge in [0, 0.05) is 22.2 Å². The number of nitro benzene ring substituents is 1. The molecule has 2 rings (SSSR count). The SMILES string of the molecule is COC(=O)/C=C/c1cc2sc(C(=O)O)cc2cc1[N+](=O)[O-]. The van der Waals surface area contributed by atoms with Crippen LogP contribution in [0.5, 0.6) is 0 Å².